The second kappa shape index (κ2) is 8.76. The molecule has 0 bridgehead atoms. The van der Waals surface area contributed by atoms with E-state index in [1.165, 1.54) is 4.90 Å². The second-order valence-electron chi connectivity index (χ2n) is 7.11. The smallest absolute Gasteiger partial charge is 0.249 e. The van der Waals surface area contributed by atoms with Crippen molar-refractivity contribution in [1.82, 2.24) is 5.32 Å². The number of hydrogen-bond donors (Lipinski definition) is 1. The maximum atomic E-state index is 12.8. The monoisotopic (exact) mass is 411 g/mol. The molecule has 2 aromatic carbocycles. The van der Waals surface area contributed by atoms with Gasteiger partial charge in [-0.25, -0.2) is 0 Å². The van der Waals surface area contributed by atoms with Crippen molar-refractivity contribution in [3.8, 4) is 0 Å². The van der Waals surface area contributed by atoms with Gasteiger partial charge in [0.25, 0.3) is 0 Å². The predicted molar refractivity (Wildman–Crippen MR) is 113 cm³/mol. The molecule has 0 radical (unpaired) electrons. The largest absolute Gasteiger partial charge is 0.376 e. The van der Waals surface area contributed by atoms with E-state index in [1.54, 1.807) is 18.2 Å². The highest BCUT2D eigenvalue weighted by atomic mass is 35.5. The van der Waals surface area contributed by atoms with Gasteiger partial charge in [0.15, 0.2) is 0 Å². The summed E-state index contributed by atoms with van der Waals surface area (Å²) >= 11 is 6.24. The number of benzodiazepines with no additional fused rings is 1. The van der Waals surface area contributed by atoms with Gasteiger partial charge in [-0.05, 0) is 31.0 Å². The molecule has 1 N–H and O–H groups in total. The molecule has 6 nitrogen and oxygen atoms in total. The van der Waals surface area contributed by atoms with Crippen LogP contribution in [0.5, 0.6) is 0 Å². The number of anilines is 1. The number of hydrogen-bond acceptors (Lipinski definition) is 4. The zero-order valence-electron chi connectivity index (χ0n) is 15.9. The lowest BCUT2D eigenvalue weighted by atomic mass is 10.00. The van der Waals surface area contributed by atoms with Crippen LogP contribution in [0.1, 0.15) is 24.0 Å². The van der Waals surface area contributed by atoms with Gasteiger partial charge < -0.3 is 15.0 Å². The summed E-state index contributed by atoms with van der Waals surface area (Å²) in [6.07, 6.45) is 2.01. The van der Waals surface area contributed by atoms with Gasteiger partial charge in [-0.1, -0.05) is 41.9 Å². The van der Waals surface area contributed by atoms with Crippen molar-refractivity contribution in [3.63, 3.8) is 0 Å². The van der Waals surface area contributed by atoms with Crippen LogP contribution in [0.2, 0.25) is 5.02 Å². The average molecular weight is 412 g/mol. The number of carbonyl (C=O) groups excluding carboxylic acids is 2. The van der Waals surface area contributed by atoms with Gasteiger partial charge in [0, 0.05) is 29.3 Å². The van der Waals surface area contributed by atoms with E-state index in [9.17, 15) is 9.59 Å². The fourth-order valence-electron chi connectivity index (χ4n) is 3.63. The number of carbonyl (C=O) groups is 2. The van der Waals surface area contributed by atoms with Crippen LogP contribution in [-0.4, -0.2) is 49.9 Å². The molecular formula is C22H22ClN3O3. The Bertz CT molecular complexity index is 940. The lowest BCUT2D eigenvalue weighted by Crippen LogP contribution is -2.43. The van der Waals surface area contributed by atoms with E-state index in [0.717, 1.165) is 30.6 Å². The molecule has 4 rings (SSSR count). The van der Waals surface area contributed by atoms with Crippen LogP contribution in [0.4, 0.5) is 5.69 Å². The van der Waals surface area contributed by atoms with Crippen molar-refractivity contribution in [2.75, 3.05) is 31.1 Å². The molecular weight excluding hydrogens is 390 g/mol. The highest BCUT2D eigenvalue weighted by Crippen LogP contribution is 2.29. The first-order valence-electron chi connectivity index (χ1n) is 9.70. The zero-order valence-corrected chi connectivity index (χ0v) is 16.7. The third-order valence-corrected chi connectivity index (χ3v) is 5.31. The zero-order chi connectivity index (χ0) is 20.2. The van der Waals surface area contributed by atoms with E-state index >= 15 is 0 Å². The van der Waals surface area contributed by atoms with Gasteiger partial charge in [0.2, 0.25) is 11.8 Å². The van der Waals surface area contributed by atoms with Crippen molar-refractivity contribution < 1.29 is 14.3 Å². The molecule has 1 fully saturated rings. The van der Waals surface area contributed by atoms with Crippen molar-refractivity contribution in [1.29, 1.82) is 0 Å². The number of rotatable bonds is 5. The van der Waals surface area contributed by atoms with E-state index in [2.05, 4.69) is 10.3 Å². The third-order valence-electron chi connectivity index (χ3n) is 5.08. The number of ether oxygens (including phenoxy) is 1. The SMILES string of the molecule is O=C(CN1C(=O)CN=C(c2ccccc2)c2cc(Cl)ccc21)NCC1CCCO1. The Kier molecular flexibility index (Phi) is 5.92. The molecule has 29 heavy (non-hydrogen) atoms. The van der Waals surface area contributed by atoms with E-state index in [1.807, 2.05) is 30.3 Å². The molecule has 0 aromatic heterocycles. The van der Waals surface area contributed by atoms with Gasteiger partial charge in [-0.15, -0.1) is 0 Å². The highest BCUT2D eigenvalue weighted by Gasteiger charge is 2.27. The maximum Gasteiger partial charge on any atom is 0.249 e. The Morgan fingerprint density at radius 2 is 2.07 bits per heavy atom. The fraction of sp³-hybridized carbons (Fsp3) is 0.318. The van der Waals surface area contributed by atoms with Crippen molar-refractivity contribution in [2.45, 2.75) is 18.9 Å². The van der Waals surface area contributed by atoms with Crippen molar-refractivity contribution in [3.05, 3.63) is 64.7 Å². The first kappa shape index (κ1) is 19.6. The normalized spacial score (nSPS) is 18.8. The molecule has 2 aromatic rings. The quantitative estimate of drug-likeness (QED) is 0.822. The van der Waals surface area contributed by atoms with Crippen LogP contribution >= 0.6 is 11.6 Å². The summed E-state index contributed by atoms with van der Waals surface area (Å²) in [6.45, 7) is 1.09. The van der Waals surface area contributed by atoms with Gasteiger partial charge in [0.1, 0.15) is 13.1 Å². The molecule has 0 aliphatic carbocycles. The Morgan fingerprint density at radius 3 is 2.83 bits per heavy atom. The fourth-order valence-corrected chi connectivity index (χ4v) is 3.81. The van der Waals surface area contributed by atoms with E-state index in [-0.39, 0.29) is 31.0 Å². The Balaban J connectivity index is 1.59. The van der Waals surface area contributed by atoms with Crippen LogP contribution in [-0.2, 0) is 14.3 Å². The standard InChI is InChI=1S/C22H22ClN3O3/c23-16-8-9-19-18(11-16)22(15-5-2-1-3-6-15)25-13-21(28)26(19)14-20(27)24-12-17-7-4-10-29-17/h1-3,5-6,8-9,11,17H,4,7,10,12-14H2,(H,24,27). The first-order valence-corrected chi connectivity index (χ1v) is 10.1. The van der Waals surface area contributed by atoms with Crippen LogP contribution in [0.3, 0.4) is 0 Å². The lowest BCUT2D eigenvalue weighted by molar-refractivity contribution is -0.123. The molecule has 2 aliphatic rings. The van der Waals surface area contributed by atoms with Crippen LogP contribution in [0.25, 0.3) is 0 Å². The minimum atomic E-state index is -0.230. The van der Waals surface area contributed by atoms with Gasteiger partial charge in [-0.3, -0.25) is 14.6 Å². The van der Waals surface area contributed by atoms with Gasteiger partial charge in [-0.2, -0.15) is 0 Å². The summed E-state index contributed by atoms with van der Waals surface area (Å²) in [4.78, 5) is 31.4. The van der Waals surface area contributed by atoms with E-state index in [4.69, 9.17) is 16.3 Å². The summed E-state index contributed by atoms with van der Waals surface area (Å²) in [7, 11) is 0. The van der Waals surface area contributed by atoms with Crippen molar-refractivity contribution in [2.24, 2.45) is 4.99 Å². The van der Waals surface area contributed by atoms with Crippen molar-refractivity contribution >= 4 is 34.8 Å². The minimum Gasteiger partial charge on any atom is -0.376 e. The molecule has 1 unspecified atom stereocenters. The molecule has 2 aliphatic heterocycles. The maximum absolute atomic E-state index is 12.8. The number of fused-ring (bicyclic) bond motifs is 1. The second-order valence-corrected chi connectivity index (χ2v) is 7.55. The number of aliphatic imine (C=N–C) groups is 1. The molecule has 1 saturated heterocycles. The Hall–Kier alpha value is -2.70. The average Bonchev–Trinajstić information content (AvgIpc) is 3.21. The Morgan fingerprint density at radius 1 is 1.24 bits per heavy atom. The van der Waals surface area contributed by atoms with Crippen LogP contribution in [0.15, 0.2) is 53.5 Å². The highest BCUT2D eigenvalue weighted by molar-refractivity contribution is 6.32. The summed E-state index contributed by atoms with van der Waals surface area (Å²) < 4.78 is 5.54. The summed E-state index contributed by atoms with van der Waals surface area (Å²) in [5, 5.41) is 3.42. The molecule has 150 valence electrons. The molecule has 7 heteroatoms. The van der Waals surface area contributed by atoms with Crippen LogP contribution < -0.4 is 10.2 Å². The predicted octanol–water partition coefficient (Wildman–Crippen LogP) is 2.82. The summed E-state index contributed by atoms with van der Waals surface area (Å²) in [6, 6.07) is 14.9. The molecule has 2 amide bonds. The minimum absolute atomic E-state index is 0.0322. The van der Waals surface area contributed by atoms with E-state index < -0.39 is 0 Å². The summed E-state index contributed by atoms with van der Waals surface area (Å²) in [5.74, 6) is -0.454. The molecule has 0 saturated carbocycles. The van der Waals surface area contributed by atoms with E-state index in [0.29, 0.717) is 23.0 Å². The molecule has 2 heterocycles. The number of amides is 2. The Labute approximate surface area is 174 Å². The molecule has 1 atom stereocenters. The van der Waals surface area contributed by atoms with Gasteiger partial charge in [0.05, 0.1) is 17.5 Å². The topological polar surface area (TPSA) is 71.0 Å². The summed E-state index contributed by atoms with van der Waals surface area (Å²) in [5.41, 5.74) is 2.96. The number of nitrogens with zero attached hydrogens (tertiary/aromatic N) is 2. The molecule has 0 spiro atoms. The number of benzene rings is 2. The first-order chi connectivity index (χ1) is 14.1. The number of halogens is 1. The lowest BCUT2D eigenvalue weighted by Gasteiger charge is -2.23. The number of nitrogens with one attached hydrogen (secondary N) is 1. The van der Waals surface area contributed by atoms with Crippen LogP contribution in [0, 0.1) is 0 Å². The third kappa shape index (κ3) is 4.49. The van der Waals surface area contributed by atoms with Gasteiger partial charge >= 0.3 is 0 Å².